The molecule has 0 bridgehead atoms. The molecule has 0 radical (unpaired) electrons. The van der Waals surface area contributed by atoms with E-state index in [1.807, 2.05) is 18.2 Å². The van der Waals surface area contributed by atoms with Crippen LogP contribution in [-0.2, 0) is 5.41 Å². The molecule has 0 saturated heterocycles. The molecule has 2 N–H and O–H groups in total. The third-order valence-electron chi connectivity index (χ3n) is 4.37. The van der Waals surface area contributed by atoms with Crippen molar-refractivity contribution in [3.05, 3.63) is 78.0 Å². The molecule has 0 fully saturated rings. The SMILES string of the molecule is COc1ccc(C(=O)Nc2ccc(Nc3ccccc3C(C)(C)C)cn2)cc1. The molecular weight excluding hydrogens is 350 g/mol. The van der Waals surface area contributed by atoms with E-state index in [0.717, 1.165) is 11.4 Å². The monoisotopic (exact) mass is 375 g/mol. The fraction of sp³-hybridized carbons (Fsp3) is 0.217. The van der Waals surface area contributed by atoms with E-state index >= 15 is 0 Å². The van der Waals surface area contributed by atoms with Gasteiger partial charge >= 0.3 is 0 Å². The van der Waals surface area contributed by atoms with E-state index in [2.05, 4.69) is 48.5 Å². The van der Waals surface area contributed by atoms with Gasteiger partial charge in [-0.1, -0.05) is 39.0 Å². The summed E-state index contributed by atoms with van der Waals surface area (Å²) in [6, 6.07) is 18.8. The summed E-state index contributed by atoms with van der Waals surface area (Å²) < 4.78 is 5.11. The maximum absolute atomic E-state index is 12.3. The molecule has 0 unspecified atom stereocenters. The predicted molar refractivity (Wildman–Crippen MR) is 114 cm³/mol. The molecule has 3 aromatic rings. The first-order chi connectivity index (χ1) is 13.4. The van der Waals surface area contributed by atoms with Crippen molar-refractivity contribution in [3.63, 3.8) is 0 Å². The summed E-state index contributed by atoms with van der Waals surface area (Å²) in [6.07, 6.45) is 1.71. The van der Waals surface area contributed by atoms with Crippen molar-refractivity contribution in [2.75, 3.05) is 17.7 Å². The molecule has 0 aliphatic carbocycles. The van der Waals surface area contributed by atoms with Gasteiger partial charge in [-0.15, -0.1) is 0 Å². The van der Waals surface area contributed by atoms with Gasteiger partial charge in [0.05, 0.1) is 19.0 Å². The summed E-state index contributed by atoms with van der Waals surface area (Å²) in [6.45, 7) is 6.55. The third kappa shape index (κ3) is 4.68. The summed E-state index contributed by atoms with van der Waals surface area (Å²) >= 11 is 0. The van der Waals surface area contributed by atoms with Crippen molar-refractivity contribution in [3.8, 4) is 5.75 Å². The number of rotatable bonds is 5. The molecule has 0 aliphatic rings. The smallest absolute Gasteiger partial charge is 0.256 e. The van der Waals surface area contributed by atoms with Crippen LogP contribution in [0, 0.1) is 0 Å². The molecule has 2 aromatic carbocycles. The van der Waals surface area contributed by atoms with Gasteiger partial charge in [0.15, 0.2) is 0 Å². The highest BCUT2D eigenvalue weighted by atomic mass is 16.5. The van der Waals surface area contributed by atoms with E-state index < -0.39 is 0 Å². The van der Waals surface area contributed by atoms with Crippen molar-refractivity contribution in [2.45, 2.75) is 26.2 Å². The van der Waals surface area contributed by atoms with Crippen molar-refractivity contribution in [2.24, 2.45) is 0 Å². The number of carbonyl (C=O) groups is 1. The number of carbonyl (C=O) groups excluding carboxylic acids is 1. The van der Waals surface area contributed by atoms with Crippen LogP contribution in [0.1, 0.15) is 36.7 Å². The number of ether oxygens (including phenoxy) is 1. The number of aromatic nitrogens is 1. The fourth-order valence-electron chi connectivity index (χ4n) is 2.87. The van der Waals surface area contributed by atoms with E-state index in [1.165, 1.54) is 5.56 Å². The molecule has 28 heavy (non-hydrogen) atoms. The molecule has 5 nitrogen and oxygen atoms in total. The Labute approximate surface area is 165 Å². The molecule has 5 heteroatoms. The minimum Gasteiger partial charge on any atom is -0.497 e. The van der Waals surface area contributed by atoms with E-state index in [4.69, 9.17) is 4.74 Å². The van der Waals surface area contributed by atoms with Gasteiger partial charge in [-0.25, -0.2) is 4.98 Å². The zero-order valence-electron chi connectivity index (χ0n) is 16.6. The summed E-state index contributed by atoms with van der Waals surface area (Å²) in [5.74, 6) is 0.991. The van der Waals surface area contributed by atoms with Crippen LogP contribution >= 0.6 is 0 Å². The van der Waals surface area contributed by atoms with Crippen molar-refractivity contribution in [1.82, 2.24) is 4.98 Å². The first-order valence-corrected chi connectivity index (χ1v) is 9.15. The summed E-state index contributed by atoms with van der Waals surface area (Å²) in [5.41, 5.74) is 3.71. The molecule has 0 atom stereocenters. The molecule has 144 valence electrons. The standard InChI is InChI=1S/C23H25N3O2/c1-23(2,3)19-7-5-6-8-20(19)25-17-11-14-21(24-15-17)26-22(27)16-9-12-18(28-4)13-10-16/h5-15,25H,1-4H3,(H,24,26,27). The molecular formula is C23H25N3O2. The lowest BCUT2D eigenvalue weighted by Crippen LogP contribution is -2.14. The summed E-state index contributed by atoms with van der Waals surface area (Å²) in [7, 11) is 1.59. The second-order valence-corrected chi connectivity index (χ2v) is 7.54. The maximum Gasteiger partial charge on any atom is 0.256 e. The molecule has 0 spiro atoms. The Kier molecular flexibility index (Phi) is 5.64. The highest BCUT2D eigenvalue weighted by molar-refractivity contribution is 6.03. The zero-order valence-corrected chi connectivity index (χ0v) is 16.6. The Morgan fingerprint density at radius 1 is 0.964 bits per heavy atom. The Morgan fingerprint density at radius 3 is 2.29 bits per heavy atom. The van der Waals surface area contributed by atoms with Gasteiger partial charge in [-0.3, -0.25) is 4.79 Å². The summed E-state index contributed by atoms with van der Waals surface area (Å²) in [4.78, 5) is 16.7. The van der Waals surface area contributed by atoms with Crippen LogP contribution in [0.3, 0.4) is 0 Å². The Balaban J connectivity index is 1.69. The maximum atomic E-state index is 12.3. The fourth-order valence-corrected chi connectivity index (χ4v) is 2.87. The Bertz CT molecular complexity index is 943. The second kappa shape index (κ2) is 8.13. The minimum absolute atomic E-state index is 0.0311. The van der Waals surface area contributed by atoms with Gasteiger partial charge in [-0.2, -0.15) is 0 Å². The van der Waals surface area contributed by atoms with Crippen LogP contribution in [-0.4, -0.2) is 18.0 Å². The van der Waals surface area contributed by atoms with Crippen LogP contribution in [0.4, 0.5) is 17.2 Å². The topological polar surface area (TPSA) is 63.2 Å². The van der Waals surface area contributed by atoms with Crippen LogP contribution in [0.25, 0.3) is 0 Å². The zero-order chi connectivity index (χ0) is 20.1. The van der Waals surface area contributed by atoms with Gasteiger partial charge in [0.25, 0.3) is 5.91 Å². The number of anilines is 3. The molecule has 0 aliphatic heterocycles. The lowest BCUT2D eigenvalue weighted by molar-refractivity contribution is 0.102. The number of para-hydroxylation sites is 1. The molecule has 3 rings (SSSR count). The normalized spacial score (nSPS) is 11.0. The lowest BCUT2D eigenvalue weighted by Gasteiger charge is -2.23. The number of pyridine rings is 1. The van der Waals surface area contributed by atoms with Crippen LogP contribution in [0.15, 0.2) is 66.9 Å². The van der Waals surface area contributed by atoms with Crippen LogP contribution in [0.5, 0.6) is 5.75 Å². The van der Waals surface area contributed by atoms with Gasteiger partial charge in [0.1, 0.15) is 11.6 Å². The largest absolute Gasteiger partial charge is 0.497 e. The number of methoxy groups -OCH3 is 1. The quantitative estimate of drug-likeness (QED) is 0.628. The van der Waals surface area contributed by atoms with Crippen LogP contribution in [0.2, 0.25) is 0 Å². The highest BCUT2D eigenvalue weighted by Gasteiger charge is 2.17. The Hall–Kier alpha value is -3.34. The van der Waals surface area contributed by atoms with E-state index in [-0.39, 0.29) is 11.3 Å². The second-order valence-electron chi connectivity index (χ2n) is 7.54. The molecule has 1 heterocycles. The minimum atomic E-state index is -0.214. The summed E-state index contributed by atoms with van der Waals surface area (Å²) in [5, 5.41) is 6.22. The Morgan fingerprint density at radius 2 is 1.68 bits per heavy atom. The van der Waals surface area contributed by atoms with E-state index in [0.29, 0.717) is 17.1 Å². The van der Waals surface area contributed by atoms with Crippen molar-refractivity contribution in [1.29, 1.82) is 0 Å². The first kappa shape index (κ1) is 19.4. The first-order valence-electron chi connectivity index (χ1n) is 9.15. The average Bonchev–Trinajstić information content (AvgIpc) is 2.69. The van der Waals surface area contributed by atoms with Crippen LogP contribution < -0.4 is 15.4 Å². The number of hydrogen-bond donors (Lipinski definition) is 2. The number of amides is 1. The number of hydrogen-bond acceptors (Lipinski definition) is 4. The number of nitrogens with one attached hydrogen (secondary N) is 2. The van der Waals surface area contributed by atoms with E-state index in [9.17, 15) is 4.79 Å². The predicted octanol–water partition coefficient (Wildman–Crippen LogP) is 5.38. The van der Waals surface area contributed by atoms with Gasteiger partial charge < -0.3 is 15.4 Å². The average molecular weight is 375 g/mol. The van der Waals surface area contributed by atoms with E-state index in [1.54, 1.807) is 43.6 Å². The van der Waals surface area contributed by atoms with Gasteiger partial charge in [-0.05, 0) is 53.4 Å². The van der Waals surface area contributed by atoms with Crippen molar-refractivity contribution >= 4 is 23.1 Å². The lowest BCUT2D eigenvalue weighted by atomic mass is 9.86. The molecule has 1 amide bonds. The third-order valence-corrected chi connectivity index (χ3v) is 4.37. The van der Waals surface area contributed by atoms with Gasteiger partial charge in [0.2, 0.25) is 0 Å². The molecule has 0 saturated carbocycles. The number of nitrogens with zero attached hydrogens (tertiary/aromatic N) is 1. The molecule has 1 aromatic heterocycles. The number of benzene rings is 2. The van der Waals surface area contributed by atoms with Gasteiger partial charge in [0, 0.05) is 11.3 Å². The highest BCUT2D eigenvalue weighted by Crippen LogP contribution is 2.31. The van der Waals surface area contributed by atoms with Crippen molar-refractivity contribution < 1.29 is 9.53 Å².